The van der Waals surface area contributed by atoms with Crippen LogP contribution in [0.25, 0.3) is 11.1 Å². The average molecular weight is 215 g/mol. The number of aromatic nitrogens is 1. The summed E-state index contributed by atoms with van der Waals surface area (Å²) in [7, 11) is 0. The second-order valence-electron chi connectivity index (χ2n) is 2.78. The summed E-state index contributed by atoms with van der Waals surface area (Å²) in [5.74, 6) is 0. The summed E-state index contributed by atoms with van der Waals surface area (Å²) in [5.41, 5.74) is 1.11. The van der Waals surface area contributed by atoms with Crippen LogP contribution in [0.3, 0.4) is 0 Å². The Morgan fingerprint density at radius 1 is 1.47 bits per heavy atom. The molecule has 15 heavy (non-hydrogen) atoms. The summed E-state index contributed by atoms with van der Waals surface area (Å²) in [5, 5.41) is 8.95. The molecule has 0 radical (unpaired) electrons. The molecule has 1 aromatic carbocycles. The molecular weight excluding hydrogens is 208 g/mol. The SMILES string of the molecule is OCc1cccc2nc(OC(F)F)oc12. The molecule has 0 saturated heterocycles. The van der Waals surface area contributed by atoms with Gasteiger partial charge in [0.2, 0.25) is 0 Å². The van der Waals surface area contributed by atoms with Crippen molar-refractivity contribution in [2.24, 2.45) is 0 Å². The molecule has 0 aliphatic rings. The van der Waals surface area contributed by atoms with Gasteiger partial charge in [-0.15, -0.1) is 0 Å². The number of aliphatic hydroxyl groups excluding tert-OH is 1. The number of benzene rings is 1. The van der Waals surface area contributed by atoms with Crippen LogP contribution in [0, 0.1) is 0 Å². The monoisotopic (exact) mass is 215 g/mol. The summed E-state index contributed by atoms with van der Waals surface area (Å²) in [6, 6.07) is 4.83. The van der Waals surface area contributed by atoms with E-state index in [9.17, 15) is 8.78 Å². The van der Waals surface area contributed by atoms with Gasteiger partial charge in [-0.1, -0.05) is 12.1 Å². The van der Waals surface area contributed by atoms with Gasteiger partial charge in [0, 0.05) is 5.56 Å². The van der Waals surface area contributed by atoms with E-state index >= 15 is 0 Å². The molecule has 0 aliphatic heterocycles. The average Bonchev–Trinajstić information content (AvgIpc) is 2.58. The highest BCUT2D eigenvalue weighted by Gasteiger charge is 2.13. The van der Waals surface area contributed by atoms with E-state index in [1.54, 1.807) is 18.2 Å². The zero-order valence-electron chi connectivity index (χ0n) is 7.48. The molecule has 0 aliphatic carbocycles. The summed E-state index contributed by atoms with van der Waals surface area (Å²) >= 11 is 0. The molecule has 1 N–H and O–H groups in total. The van der Waals surface area contributed by atoms with Crippen molar-refractivity contribution >= 4 is 11.1 Å². The van der Waals surface area contributed by atoms with Gasteiger partial charge in [-0.25, -0.2) is 0 Å². The summed E-state index contributed by atoms with van der Waals surface area (Å²) in [6.45, 7) is -3.23. The summed E-state index contributed by atoms with van der Waals surface area (Å²) in [4.78, 5) is 3.68. The third-order valence-electron chi connectivity index (χ3n) is 1.84. The Bertz CT molecular complexity index is 469. The Morgan fingerprint density at radius 2 is 2.27 bits per heavy atom. The van der Waals surface area contributed by atoms with Crippen molar-refractivity contribution in [1.82, 2.24) is 4.98 Å². The number of aliphatic hydroxyl groups is 1. The fraction of sp³-hybridized carbons (Fsp3) is 0.222. The highest BCUT2D eigenvalue weighted by Crippen LogP contribution is 2.24. The minimum atomic E-state index is -2.98. The predicted octanol–water partition coefficient (Wildman–Crippen LogP) is 1.92. The molecule has 0 atom stereocenters. The Kier molecular flexibility index (Phi) is 2.51. The van der Waals surface area contributed by atoms with Crippen molar-refractivity contribution in [3.05, 3.63) is 23.8 Å². The van der Waals surface area contributed by atoms with E-state index in [0.717, 1.165) is 0 Å². The highest BCUT2D eigenvalue weighted by molar-refractivity contribution is 5.76. The largest absolute Gasteiger partial charge is 0.408 e. The molecule has 1 aromatic heterocycles. The minimum absolute atomic E-state index is 0.249. The lowest BCUT2D eigenvalue weighted by Gasteiger charge is -1.96. The number of alkyl halides is 2. The maximum absolute atomic E-state index is 11.9. The fourth-order valence-electron chi connectivity index (χ4n) is 1.24. The van der Waals surface area contributed by atoms with Gasteiger partial charge in [0.25, 0.3) is 0 Å². The van der Waals surface area contributed by atoms with E-state index in [0.29, 0.717) is 11.1 Å². The van der Waals surface area contributed by atoms with Crippen LogP contribution in [-0.4, -0.2) is 16.7 Å². The van der Waals surface area contributed by atoms with E-state index in [1.165, 1.54) is 0 Å². The third-order valence-corrected chi connectivity index (χ3v) is 1.84. The van der Waals surface area contributed by atoms with Crippen molar-refractivity contribution in [3.8, 4) is 6.08 Å². The van der Waals surface area contributed by atoms with Crippen LogP contribution in [0.5, 0.6) is 6.08 Å². The second-order valence-corrected chi connectivity index (χ2v) is 2.78. The van der Waals surface area contributed by atoms with Gasteiger partial charge in [0.05, 0.1) is 6.61 Å². The van der Waals surface area contributed by atoms with Gasteiger partial charge in [-0.3, -0.25) is 0 Å². The first kappa shape index (κ1) is 9.85. The van der Waals surface area contributed by atoms with Crippen molar-refractivity contribution in [3.63, 3.8) is 0 Å². The standard InChI is InChI=1S/C9H7F2NO3/c10-8(11)15-9-12-6-3-1-2-5(4-13)7(6)14-9/h1-3,8,13H,4H2. The van der Waals surface area contributed by atoms with Crippen LogP contribution in [0.1, 0.15) is 5.56 Å². The number of fused-ring (bicyclic) bond motifs is 1. The number of ether oxygens (including phenoxy) is 1. The first-order valence-electron chi connectivity index (χ1n) is 4.15. The van der Waals surface area contributed by atoms with Crippen molar-refractivity contribution in [2.45, 2.75) is 13.2 Å². The topological polar surface area (TPSA) is 55.5 Å². The number of halogens is 2. The molecule has 80 valence electrons. The van der Waals surface area contributed by atoms with Crippen LogP contribution in [-0.2, 0) is 6.61 Å². The van der Waals surface area contributed by atoms with E-state index < -0.39 is 12.7 Å². The highest BCUT2D eigenvalue weighted by atomic mass is 19.3. The lowest BCUT2D eigenvalue weighted by Crippen LogP contribution is -2.01. The summed E-state index contributed by atoms with van der Waals surface area (Å²) in [6.07, 6.45) is -0.499. The van der Waals surface area contributed by atoms with Crippen molar-refractivity contribution in [1.29, 1.82) is 0 Å². The summed E-state index contributed by atoms with van der Waals surface area (Å²) < 4.78 is 32.7. The van der Waals surface area contributed by atoms with Crippen molar-refractivity contribution in [2.75, 3.05) is 0 Å². The fourth-order valence-corrected chi connectivity index (χ4v) is 1.24. The first-order chi connectivity index (χ1) is 7.20. The quantitative estimate of drug-likeness (QED) is 0.849. The molecule has 4 nitrogen and oxygen atoms in total. The Labute approximate surface area is 83.1 Å². The second kappa shape index (κ2) is 3.82. The van der Waals surface area contributed by atoms with Gasteiger partial charge in [0.15, 0.2) is 5.58 Å². The molecular formula is C9H7F2NO3. The van der Waals surface area contributed by atoms with Gasteiger partial charge < -0.3 is 14.3 Å². The zero-order chi connectivity index (χ0) is 10.8. The molecule has 6 heteroatoms. The van der Waals surface area contributed by atoms with Gasteiger partial charge in [-0.05, 0) is 6.07 Å². The minimum Gasteiger partial charge on any atom is -0.408 e. The van der Waals surface area contributed by atoms with Gasteiger partial charge in [0.1, 0.15) is 5.52 Å². The molecule has 2 rings (SSSR count). The van der Waals surface area contributed by atoms with Gasteiger partial charge >= 0.3 is 12.7 Å². The van der Waals surface area contributed by atoms with Crippen LogP contribution in [0.4, 0.5) is 8.78 Å². The lowest BCUT2D eigenvalue weighted by atomic mass is 10.2. The molecule has 1 heterocycles. The maximum Gasteiger partial charge on any atom is 0.399 e. The third kappa shape index (κ3) is 1.89. The molecule has 0 fully saturated rings. The first-order valence-corrected chi connectivity index (χ1v) is 4.15. The molecule has 0 spiro atoms. The number of rotatable bonds is 3. The number of para-hydroxylation sites is 1. The van der Waals surface area contributed by atoms with Crippen LogP contribution in [0.2, 0.25) is 0 Å². The molecule has 0 unspecified atom stereocenters. The molecule has 0 saturated carbocycles. The number of hydrogen-bond donors (Lipinski definition) is 1. The van der Waals surface area contributed by atoms with Crippen molar-refractivity contribution < 1.29 is 23.0 Å². The number of oxazole rings is 1. The Balaban J connectivity index is 2.45. The Morgan fingerprint density at radius 3 is 2.93 bits per heavy atom. The Hall–Kier alpha value is -1.69. The van der Waals surface area contributed by atoms with Crippen LogP contribution in [0.15, 0.2) is 22.6 Å². The zero-order valence-corrected chi connectivity index (χ0v) is 7.48. The normalized spacial score (nSPS) is 11.2. The van der Waals surface area contributed by atoms with Crippen LogP contribution >= 0.6 is 0 Å². The van der Waals surface area contributed by atoms with E-state index in [4.69, 9.17) is 9.52 Å². The smallest absolute Gasteiger partial charge is 0.399 e. The van der Waals surface area contributed by atoms with E-state index in [2.05, 4.69) is 9.72 Å². The lowest BCUT2D eigenvalue weighted by molar-refractivity contribution is -0.0664. The van der Waals surface area contributed by atoms with E-state index in [1.807, 2.05) is 0 Å². The number of nitrogens with zero attached hydrogens (tertiary/aromatic N) is 1. The maximum atomic E-state index is 11.9. The molecule has 0 amide bonds. The molecule has 0 bridgehead atoms. The van der Waals surface area contributed by atoms with Gasteiger partial charge in [-0.2, -0.15) is 13.8 Å². The molecule has 2 aromatic rings. The predicted molar refractivity (Wildman–Crippen MR) is 46.6 cm³/mol. The van der Waals surface area contributed by atoms with E-state index in [-0.39, 0.29) is 12.2 Å². The number of hydrogen-bond acceptors (Lipinski definition) is 4. The van der Waals surface area contributed by atoms with Crippen LogP contribution < -0.4 is 4.74 Å².